The first-order valence-electron chi connectivity index (χ1n) is 7.46. The highest BCUT2D eigenvalue weighted by molar-refractivity contribution is 5.08. The molecule has 1 aliphatic rings. The van der Waals surface area contributed by atoms with E-state index in [1.807, 2.05) is 32.9 Å². The van der Waals surface area contributed by atoms with Crippen molar-refractivity contribution in [3.8, 4) is 0 Å². The highest BCUT2D eigenvalue weighted by Crippen LogP contribution is 2.20. The monoisotopic (exact) mass is 300 g/mol. The van der Waals surface area contributed by atoms with Crippen LogP contribution < -0.4 is 0 Å². The molecule has 0 aromatic carbocycles. The molecule has 21 heavy (non-hydrogen) atoms. The van der Waals surface area contributed by atoms with Gasteiger partial charge in [0.2, 0.25) is 0 Å². The van der Waals surface area contributed by atoms with E-state index in [1.54, 1.807) is 0 Å². The number of aliphatic hydroxyl groups excluding tert-OH is 4. The summed E-state index contributed by atoms with van der Waals surface area (Å²) in [5, 5.41) is 38.7. The number of aliphatic hydroxyl groups is 4. The van der Waals surface area contributed by atoms with Crippen LogP contribution >= 0.6 is 0 Å². The van der Waals surface area contributed by atoms with E-state index in [1.165, 1.54) is 5.57 Å². The molecule has 0 aliphatic carbocycles. The molecule has 1 rings (SSSR count). The first kappa shape index (κ1) is 18.3. The molecule has 0 amide bonds. The third-order valence-corrected chi connectivity index (χ3v) is 3.80. The van der Waals surface area contributed by atoms with Gasteiger partial charge in [-0.3, -0.25) is 0 Å². The summed E-state index contributed by atoms with van der Waals surface area (Å²) in [4.78, 5) is 0. The Labute approximate surface area is 126 Å². The van der Waals surface area contributed by atoms with Crippen LogP contribution in [0, 0.1) is 0 Å². The molecule has 0 radical (unpaired) electrons. The Balaban J connectivity index is 2.41. The molecule has 4 N–H and O–H groups in total. The quantitative estimate of drug-likeness (QED) is 0.548. The molecule has 0 spiro atoms. The zero-order chi connectivity index (χ0) is 16.0. The molecule has 5 atom stereocenters. The predicted octanol–water partition coefficient (Wildman–Crippen LogP) is 0.912. The van der Waals surface area contributed by atoms with E-state index in [4.69, 9.17) is 4.74 Å². The van der Waals surface area contributed by atoms with Gasteiger partial charge in [-0.15, -0.1) is 0 Å². The minimum atomic E-state index is -1.16. The first-order chi connectivity index (χ1) is 9.82. The lowest BCUT2D eigenvalue weighted by atomic mass is 9.96. The van der Waals surface area contributed by atoms with Gasteiger partial charge in [-0.25, -0.2) is 0 Å². The van der Waals surface area contributed by atoms with Gasteiger partial charge in [0.1, 0.15) is 18.3 Å². The summed E-state index contributed by atoms with van der Waals surface area (Å²) in [5.74, 6) is 0. The maximum Gasteiger partial charge on any atom is 0.111 e. The third kappa shape index (κ3) is 5.88. The Bertz CT molecular complexity index is 373. The van der Waals surface area contributed by atoms with Crippen molar-refractivity contribution in [1.82, 2.24) is 0 Å². The second-order valence-corrected chi connectivity index (χ2v) is 5.98. The Hall–Kier alpha value is -0.720. The minimum Gasteiger partial charge on any atom is -0.388 e. The standard InChI is InChI=1S/C16H28O5/c1-10(2)7-8-12(17)11(3)5-4-6-14-16(20)15(19)13(18)9-21-14/h5,7,12-20H,4,6,8-9H2,1-3H3. The normalized spacial score (nSPS) is 31.9. The van der Waals surface area contributed by atoms with E-state index in [0.29, 0.717) is 19.3 Å². The molecule has 5 unspecified atom stereocenters. The fourth-order valence-electron chi connectivity index (χ4n) is 2.27. The van der Waals surface area contributed by atoms with E-state index in [2.05, 4.69) is 0 Å². The summed E-state index contributed by atoms with van der Waals surface area (Å²) in [6.07, 6.45) is 1.46. The Kier molecular flexibility index (Phi) is 7.56. The summed E-state index contributed by atoms with van der Waals surface area (Å²) in [6, 6.07) is 0. The summed E-state index contributed by atoms with van der Waals surface area (Å²) in [7, 11) is 0. The van der Waals surface area contributed by atoms with Crippen LogP contribution in [-0.2, 0) is 4.74 Å². The number of ether oxygens (including phenoxy) is 1. The van der Waals surface area contributed by atoms with Crippen molar-refractivity contribution < 1.29 is 25.2 Å². The maximum atomic E-state index is 9.97. The highest BCUT2D eigenvalue weighted by Gasteiger charge is 2.36. The highest BCUT2D eigenvalue weighted by atomic mass is 16.5. The third-order valence-electron chi connectivity index (χ3n) is 3.80. The summed E-state index contributed by atoms with van der Waals surface area (Å²) in [6.45, 7) is 5.90. The van der Waals surface area contributed by atoms with Gasteiger partial charge in [0.15, 0.2) is 0 Å². The number of allylic oxidation sites excluding steroid dienone is 2. The van der Waals surface area contributed by atoms with Gasteiger partial charge in [-0.05, 0) is 45.6 Å². The van der Waals surface area contributed by atoms with Crippen molar-refractivity contribution in [3.05, 3.63) is 23.3 Å². The number of hydrogen-bond donors (Lipinski definition) is 4. The molecule has 0 bridgehead atoms. The van der Waals surface area contributed by atoms with Crippen LogP contribution in [-0.4, -0.2) is 57.6 Å². The summed E-state index contributed by atoms with van der Waals surface area (Å²) < 4.78 is 5.33. The van der Waals surface area contributed by atoms with Crippen LogP contribution in [0.4, 0.5) is 0 Å². The zero-order valence-electron chi connectivity index (χ0n) is 13.1. The SMILES string of the molecule is CC(C)=CCC(O)C(C)=CCCC1OCC(O)C(O)C1O. The van der Waals surface area contributed by atoms with Gasteiger partial charge in [0.05, 0.1) is 18.8 Å². The molecular formula is C16H28O5. The van der Waals surface area contributed by atoms with Gasteiger partial charge in [-0.2, -0.15) is 0 Å². The fourth-order valence-corrected chi connectivity index (χ4v) is 2.27. The van der Waals surface area contributed by atoms with E-state index in [0.717, 1.165) is 5.57 Å². The van der Waals surface area contributed by atoms with Gasteiger partial charge < -0.3 is 25.2 Å². The van der Waals surface area contributed by atoms with Crippen LogP contribution in [0.1, 0.15) is 40.0 Å². The predicted molar refractivity (Wildman–Crippen MR) is 80.8 cm³/mol. The molecule has 5 heteroatoms. The lowest BCUT2D eigenvalue weighted by Crippen LogP contribution is -2.52. The largest absolute Gasteiger partial charge is 0.388 e. The molecule has 0 aromatic rings. The average molecular weight is 300 g/mol. The molecule has 1 fully saturated rings. The van der Waals surface area contributed by atoms with E-state index < -0.39 is 30.5 Å². The number of hydrogen-bond acceptors (Lipinski definition) is 5. The van der Waals surface area contributed by atoms with Crippen molar-refractivity contribution in [3.63, 3.8) is 0 Å². The lowest BCUT2D eigenvalue weighted by molar-refractivity contribution is -0.187. The Morgan fingerprint density at radius 1 is 1.14 bits per heavy atom. The minimum absolute atomic E-state index is 0.0365. The van der Waals surface area contributed by atoms with E-state index in [-0.39, 0.29) is 6.61 Å². The molecule has 5 nitrogen and oxygen atoms in total. The van der Waals surface area contributed by atoms with Gasteiger partial charge >= 0.3 is 0 Å². The van der Waals surface area contributed by atoms with E-state index in [9.17, 15) is 20.4 Å². The lowest BCUT2D eigenvalue weighted by Gasteiger charge is -2.35. The second kappa shape index (κ2) is 8.66. The van der Waals surface area contributed by atoms with Gasteiger partial charge in [0.25, 0.3) is 0 Å². The molecule has 1 heterocycles. The fraction of sp³-hybridized carbons (Fsp3) is 0.750. The molecular weight excluding hydrogens is 272 g/mol. The second-order valence-electron chi connectivity index (χ2n) is 5.98. The van der Waals surface area contributed by atoms with Crippen LogP contribution in [0.15, 0.2) is 23.3 Å². The van der Waals surface area contributed by atoms with Crippen molar-refractivity contribution in [2.75, 3.05) is 6.61 Å². The van der Waals surface area contributed by atoms with Crippen LogP contribution in [0.2, 0.25) is 0 Å². The topological polar surface area (TPSA) is 90.2 Å². The first-order valence-corrected chi connectivity index (χ1v) is 7.46. The van der Waals surface area contributed by atoms with Crippen LogP contribution in [0.25, 0.3) is 0 Å². The zero-order valence-corrected chi connectivity index (χ0v) is 13.1. The average Bonchev–Trinajstić information content (AvgIpc) is 2.44. The summed E-state index contributed by atoms with van der Waals surface area (Å²) >= 11 is 0. The molecule has 0 aromatic heterocycles. The van der Waals surface area contributed by atoms with Crippen molar-refractivity contribution in [1.29, 1.82) is 0 Å². The maximum absolute atomic E-state index is 9.97. The van der Waals surface area contributed by atoms with Gasteiger partial charge in [-0.1, -0.05) is 17.7 Å². The molecule has 1 saturated heterocycles. The van der Waals surface area contributed by atoms with Crippen LogP contribution in [0.5, 0.6) is 0 Å². The van der Waals surface area contributed by atoms with Crippen molar-refractivity contribution in [2.45, 2.75) is 70.6 Å². The molecule has 0 saturated carbocycles. The van der Waals surface area contributed by atoms with Crippen molar-refractivity contribution in [2.24, 2.45) is 0 Å². The summed E-state index contributed by atoms with van der Waals surface area (Å²) in [5.41, 5.74) is 2.06. The molecule has 122 valence electrons. The van der Waals surface area contributed by atoms with Crippen molar-refractivity contribution >= 4 is 0 Å². The van der Waals surface area contributed by atoms with Crippen LogP contribution in [0.3, 0.4) is 0 Å². The Morgan fingerprint density at radius 2 is 1.81 bits per heavy atom. The van der Waals surface area contributed by atoms with E-state index >= 15 is 0 Å². The smallest absolute Gasteiger partial charge is 0.111 e. The Morgan fingerprint density at radius 3 is 2.43 bits per heavy atom. The molecule has 1 aliphatic heterocycles. The van der Waals surface area contributed by atoms with Gasteiger partial charge in [0, 0.05) is 0 Å². The number of rotatable bonds is 6.